The van der Waals surface area contributed by atoms with Gasteiger partial charge in [0.2, 0.25) is 10.0 Å². The van der Waals surface area contributed by atoms with E-state index < -0.39 is 15.6 Å². The van der Waals surface area contributed by atoms with Crippen LogP contribution in [-0.2, 0) is 14.8 Å². The highest BCUT2D eigenvalue weighted by Crippen LogP contribution is 2.27. The van der Waals surface area contributed by atoms with E-state index in [1.165, 1.54) is 25.3 Å². The number of sulfonamides is 1. The average molecular weight is 322 g/mol. The van der Waals surface area contributed by atoms with Crippen molar-refractivity contribution in [3.63, 3.8) is 0 Å². The zero-order chi connectivity index (χ0) is 14.8. The number of methoxy groups -OCH3 is 1. The topological polar surface area (TPSA) is 84.9 Å². The number of benzene rings is 1. The molecule has 0 spiro atoms. The monoisotopic (exact) mass is 321 g/mol. The van der Waals surface area contributed by atoms with Gasteiger partial charge in [-0.2, -0.15) is 0 Å². The molecule has 2 rings (SSSR count). The Morgan fingerprint density at radius 3 is 2.85 bits per heavy atom. The molecule has 0 amide bonds. The average Bonchev–Trinajstić information content (AvgIpc) is 2.84. The summed E-state index contributed by atoms with van der Waals surface area (Å²) in [5.74, 6) is 0.397. The van der Waals surface area contributed by atoms with Crippen molar-refractivity contribution in [3.05, 3.63) is 23.2 Å². The lowest BCUT2D eigenvalue weighted by Crippen LogP contribution is -2.43. The fraction of sp³-hybridized carbons (Fsp3) is 0.500. The Hall–Kier alpha value is -0.860. The Morgan fingerprint density at radius 1 is 1.55 bits per heavy atom. The standard InChI is InChI=1S/C12H16ClNO5S/c1-18-11-3-2-9(6-10(11)13)20(16,17)14-7-12(15)4-5-19-8-12/h2-3,6,14-15H,4-5,7-8H2,1H3. The second kappa shape index (κ2) is 5.87. The van der Waals surface area contributed by atoms with Gasteiger partial charge in [-0.05, 0) is 18.2 Å². The minimum Gasteiger partial charge on any atom is -0.495 e. The SMILES string of the molecule is COc1ccc(S(=O)(=O)NCC2(O)CCOC2)cc1Cl. The summed E-state index contributed by atoms with van der Waals surface area (Å²) in [6.45, 7) is 0.449. The van der Waals surface area contributed by atoms with Crippen LogP contribution in [0.2, 0.25) is 5.02 Å². The number of hydrogen-bond donors (Lipinski definition) is 2. The number of halogens is 1. The van der Waals surface area contributed by atoms with E-state index in [2.05, 4.69) is 4.72 Å². The van der Waals surface area contributed by atoms with E-state index in [4.69, 9.17) is 21.1 Å². The molecule has 1 atom stereocenters. The van der Waals surface area contributed by atoms with Crippen molar-refractivity contribution in [3.8, 4) is 5.75 Å². The van der Waals surface area contributed by atoms with Crippen LogP contribution in [0.1, 0.15) is 6.42 Å². The van der Waals surface area contributed by atoms with Crippen molar-refractivity contribution < 1.29 is 23.0 Å². The first-order chi connectivity index (χ1) is 9.36. The zero-order valence-corrected chi connectivity index (χ0v) is 12.5. The van der Waals surface area contributed by atoms with E-state index in [1.807, 2.05) is 0 Å². The molecule has 1 aliphatic rings. The first kappa shape index (κ1) is 15.5. The quantitative estimate of drug-likeness (QED) is 0.837. The molecule has 20 heavy (non-hydrogen) atoms. The molecule has 112 valence electrons. The van der Waals surface area contributed by atoms with Crippen molar-refractivity contribution in [1.82, 2.24) is 4.72 Å². The Labute approximate surface area is 122 Å². The number of aliphatic hydroxyl groups is 1. The molecule has 1 saturated heterocycles. The first-order valence-corrected chi connectivity index (χ1v) is 7.86. The van der Waals surface area contributed by atoms with E-state index >= 15 is 0 Å². The van der Waals surface area contributed by atoms with Gasteiger partial charge in [-0.3, -0.25) is 0 Å². The molecule has 0 saturated carbocycles. The van der Waals surface area contributed by atoms with Gasteiger partial charge in [-0.15, -0.1) is 0 Å². The third-order valence-corrected chi connectivity index (χ3v) is 4.80. The van der Waals surface area contributed by atoms with Crippen LogP contribution in [0, 0.1) is 0 Å². The number of nitrogens with one attached hydrogen (secondary N) is 1. The summed E-state index contributed by atoms with van der Waals surface area (Å²) < 4.78 is 36.6. The van der Waals surface area contributed by atoms with Gasteiger partial charge >= 0.3 is 0 Å². The van der Waals surface area contributed by atoms with E-state index in [9.17, 15) is 13.5 Å². The molecule has 1 unspecified atom stereocenters. The van der Waals surface area contributed by atoms with E-state index in [-0.39, 0.29) is 23.1 Å². The Balaban J connectivity index is 2.12. The summed E-state index contributed by atoms with van der Waals surface area (Å²) in [4.78, 5) is 0.0193. The number of rotatable bonds is 5. The molecule has 1 fully saturated rings. The van der Waals surface area contributed by atoms with Gasteiger partial charge in [-0.1, -0.05) is 11.6 Å². The van der Waals surface area contributed by atoms with Gasteiger partial charge in [0.15, 0.2) is 0 Å². The second-order valence-electron chi connectivity index (χ2n) is 4.65. The van der Waals surface area contributed by atoms with Gasteiger partial charge in [-0.25, -0.2) is 13.1 Å². The van der Waals surface area contributed by atoms with Gasteiger partial charge in [0.1, 0.15) is 11.4 Å². The molecule has 1 aromatic carbocycles. The normalized spacial score (nSPS) is 22.9. The van der Waals surface area contributed by atoms with Crippen molar-refractivity contribution in [2.24, 2.45) is 0 Å². The molecule has 1 aromatic rings. The largest absolute Gasteiger partial charge is 0.495 e. The molecule has 0 aromatic heterocycles. The molecule has 1 aliphatic heterocycles. The minimum absolute atomic E-state index is 0.0193. The lowest BCUT2D eigenvalue weighted by atomic mass is 10.1. The Morgan fingerprint density at radius 2 is 2.30 bits per heavy atom. The summed E-state index contributed by atoms with van der Waals surface area (Å²) in [6, 6.07) is 4.17. The maximum Gasteiger partial charge on any atom is 0.240 e. The Kier molecular flexibility index (Phi) is 4.55. The van der Waals surface area contributed by atoms with E-state index in [0.717, 1.165) is 0 Å². The lowest BCUT2D eigenvalue weighted by molar-refractivity contribution is 0.0314. The highest BCUT2D eigenvalue weighted by molar-refractivity contribution is 7.89. The van der Waals surface area contributed by atoms with E-state index in [1.54, 1.807) is 0 Å². The van der Waals surface area contributed by atoms with Crippen molar-refractivity contribution >= 4 is 21.6 Å². The van der Waals surface area contributed by atoms with Crippen LogP contribution in [0.5, 0.6) is 5.75 Å². The predicted molar refractivity (Wildman–Crippen MR) is 73.6 cm³/mol. The first-order valence-electron chi connectivity index (χ1n) is 6.00. The fourth-order valence-electron chi connectivity index (χ4n) is 1.86. The van der Waals surface area contributed by atoms with Gasteiger partial charge < -0.3 is 14.6 Å². The highest BCUT2D eigenvalue weighted by atomic mass is 35.5. The Bertz CT molecular complexity index is 584. The van der Waals surface area contributed by atoms with Crippen molar-refractivity contribution in [2.75, 3.05) is 26.9 Å². The van der Waals surface area contributed by atoms with Crippen LogP contribution < -0.4 is 9.46 Å². The number of hydrogen-bond acceptors (Lipinski definition) is 5. The molecule has 8 heteroatoms. The summed E-state index contributed by atoms with van der Waals surface area (Å²) in [7, 11) is -2.29. The fourth-order valence-corrected chi connectivity index (χ4v) is 3.33. The summed E-state index contributed by atoms with van der Waals surface area (Å²) in [5.41, 5.74) is -1.15. The minimum atomic E-state index is -3.74. The van der Waals surface area contributed by atoms with Crippen LogP contribution in [0.4, 0.5) is 0 Å². The number of ether oxygens (including phenoxy) is 2. The molecule has 6 nitrogen and oxygen atoms in total. The zero-order valence-electron chi connectivity index (χ0n) is 10.9. The second-order valence-corrected chi connectivity index (χ2v) is 6.82. The molecular formula is C12H16ClNO5S. The van der Waals surface area contributed by atoms with Crippen LogP contribution >= 0.6 is 11.6 Å². The smallest absolute Gasteiger partial charge is 0.240 e. The highest BCUT2D eigenvalue weighted by Gasteiger charge is 2.33. The van der Waals surface area contributed by atoms with E-state index in [0.29, 0.717) is 18.8 Å². The maximum absolute atomic E-state index is 12.1. The molecule has 1 heterocycles. The third-order valence-electron chi connectivity index (χ3n) is 3.11. The molecule has 0 aliphatic carbocycles. The van der Waals surface area contributed by atoms with Gasteiger partial charge in [0, 0.05) is 19.6 Å². The summed E-state index contributed by atoms with van der Waals surface area (Å²) in [5, 5.41) is 10.2. The molecule has 2 N–H and O–H groups in total. The van der Waals surface area contributed by atoms with Crippen molar-refractivity contribution in [1.29, 1.82) is 0 Å². The maximum atomic E-state index is 12.1. The van der Waals surface area contributed by atoms with Crippen LogP contribution in [0.3, 0.4) is 0 Å². The van der Waals surface area contributed by atoms with Crippen LogP contribution in [0.15, 0.2) is 23.1 Å². The lowest BCUT2D eigenvalue weighted by Gasteiger charge is -2.20. The molecular weight excluding hydrogens is 306 g/mol. The van der Waals surface area contributed by atoms with Gasteiger partial charge in [0.25, 0.3) is 0 Å². The summed E-state index contributed by atoms with van der Waals surface area (Å²) >= 11 is 5.90. The molecule has 0 bridgehead atoms. The van der Waals surface area contributed by atoms with Crippen molar-refractivity contribution in [2.45, 2.75) is 16.9 Å². The van der Waals surface area contributed by atoms with Gasteiger partial charge in [0.05, 0.1) is 23.6 Å². The summed E-state index contributed by atoms with van der Waals surface area (Å²) in [6.07, 6.45) is 0.402. The van der Waals surface area contributed by atoms with Crippen LogP contribution in [-0.4, -0.2) is 46.0 Å². The molecule has 0 radical (unpaired) electrons. The third kappa shape index (κ3) is 3.42. The predicted octanol–water partition coefficient (Wildman–Crippen LogP) is 0.778. The van der Waals surface area contributed by atoms with Crippen LogP contribution in [0.25, 0.3) is 0 Å².